The fourth-order valence-corrected chi connectivity index (χ4v) is 5.93. The van der Waals surface area contributed by atoms with Gasteiger partial charge in [-0.1, -0.05) is 43.3 Å². The number of fused-ring (bicyclic) bond motifs is 1. The molecule has 2 aliphatic heterocycles. The molecule has 2 atom stereocenters. The van der Waals surface area contributed by atoms with Gasteiger partial charge in [0.2, 0.25) is 5.82 Å². The van der Waals surface area contributed by atoms with Crippen LogP contribution in [0.2, 0.25) is 0 Å². The van der Waals surface area contributed by atoms with Crippen LogP contribution in [-0.2, 0) is 5.41 Å². The summed E-state index contributed by atoms with van der Waals surface area (Å²) in [5.74, 6) is -0.645. The number of benzene rings is 1. The molecule has 1 unspecified atom stereocenters. The van der Waals surface area contributed by atoms with Crippen molar-refractivity contribution in [3.8, 4) is 0 Å². The minimum atomic E-state index is -1.06. The Kier molecular flexibility index (Phi) is 6.61. The maximum atomic E-state index is 13.2. The second-order valence-electron chi connectivity index (χ2n) is 11.1. The van der Waals surface area contributed by atoms with Gasteiger partial charge < -0.3 is 20.2 Å². The van der Waals surface area contributed by atoms with Crippen molar-refractivity contribution in [1.29, 1.82) is 0 Å². The smallest absolute Gasteiger partial charge is 0.354 e. The van der Waals surface area contributed by atoms with Crippen LogP contribution in [-0.4, -0.2) is 68.8 Å². The molecule has 2 fully saturated rings. The van der Waals surface area contributed by atoms with Gasteiger partial charge in [0, 0.05) is 37.6 Å². The first-order chi connectivity index (χ1) is 19.3. The Bertz CT molecular complexity index is 1570. The van der Waals surface area contributed by atoms with E-state index in [1.165, 1.54) is 11.6 Å². The first-order valence-corrected chi connectivity index (χ1v) is 13.7. The SMILES string of the molecule is Cc1cc(N2CC[C@](C)(c3ccccc3)C2)cn2nc(C(=O)NC3CCCN(c4cccc(C(=O)O)n4)C3)nc12. The number of aryl methyl sites for hydroxylation is 1. The van der Waals surface area contributed by atoms with Crippen molar-refractivity contribution >= 4 is 29.0 Å². The van der Waals surface area contributed by atoms with Gasteiger partial charge in [-0.25, -0.2) is 19.3 Å². The third-order valence-corrected chi connectivity index (χ3v) is 8.15. The molecule has 1 amide bonds. The van der Waals surface area contributed by atoms with E-state index in [4.69, 9.17) is 0 Å². The molecular weight excluding hydrogens is 506 g/mol. The molecule has 40 heavy (non-hydrogen) atoms. The van der Waals surface area contributed by atoms with Crippen LogP contribution < -0.4 is 15.1 Å². The second-order valence-corrected chi connectivity index (χ2v) is 11.1. The van der Waals surface area contributed by atoms with Crippen LogP contribution in [0.3, 0.4) is 0 Å². The highest BCUT2D eigenvalue weighted by Crippen LogP contribution is 2.36. The van der Waals surface area contributed by atoms with Gasteiger partial charge in [0.15, 0.2) is 11.3 Å². The summed E-state index contributed by atoms with van der Waals surface area (Å²) in [5, 5.41) is 16.9. The number of aromatic carboxylic acids is 1. The predicted octanol–water partition coefficient (Wildman–Crippen LogP) is 3.70. The molecule has 10 nitrogen and oxygen atoms in total. The Balaban J connectivity index is 1.16. The number of pyridine rings is 2. The maximum absolute atomic E-state index is 13.2. The first-order valence-electron chi connectivity index (χ1n) is 13.7. The van der Waals surface area contributed by atoms with Crippen molar-refractivity contribution in [2.45, 2.75) is 44.6 Å². The quantitative estimate of drug-likeness (QED) is 0.381. The van der Waals surface area contributed by atoms with E-state index in [0.717, 1.165) is 50.1 Å². The molecule has 0 radical (unpaired) electrons. The van der Waals surface area contributed by atoms with E-state index in [-0.39, 0.29) is 28.9 Å². The Morgan fingerprint density at radius 1 is 1.05 bits per heavy atom. The summed E-state index contributed by atoms with van der Waals surface area (Å²) in [6.45, 7) is 7.45. The van der Waals surface area contributed by atoms with Crippen LogP contribution in [0.5, 0.6) is 0 Å². The Morgan fingerprint density at radius 3 is 2.67 bits per heavy atom. The molecule has 6 rings (SSSR count). The van der Waals surface area contributed by atoms with E-state index in [2.05, 4.69) is 68.6 Å². The molecule has 3 aromatic heterocycles. The number of anilines is 2. The number of piperidine rings is 1. The molecule has 4 aromatic rings. The summed E-state index contributed by atoms with van der Waals surface area (Å²) in [6, 6.07) is 17.6. The minimum Gasteiger partial charge on any atom is -0.477 e. The number of nitrogens with one attached hydrogen (secondary N) is 1. The largest absolute Gasteiger partial charge is 0.477 e. The van der Waals surface area contributed by atoms with Crippen molar-refractivity contribution < 1.29 is 14.7 Å². The maximum Gasteiger partial charge on any atom is 0.354 e. The Hall–Kier alpha value is -4.47. The fraction of sp³-hybridized carbons (Fsp3) is 0.367. The summed E-state index contributed by atoms with van der Waals surface area (Å²) < 4.78 is 1.71. The average Bonchev–Trinajstić information content (AvgIpc) is 3.59. The number of carbonyl (C=O) groups excluding carboxylic acids is 1. The van der Waals surface area contributed by atoms with Crippen LogP contribution in [0.4, 0.5) is 11.5 Å². The molecule has 2 saturated heterocycles. The molecule has 10 heteroatoms. The predicted molar refractivity (Wildman–Crippen MR) is 152 cm³/mol. The van der Waals surface area contributed by atoms with E-state index in [1.54, 1.807) is 16.6 Å². The molecule has 0 aliphatic carbocycles. The fourth-order valence-electron chi connectivity index (χ4n) is 5.93. The molecule has 1 aromatic carbocycles. The lowest BCUT2D eigenvalue weighted by Crippen LogP contribution is -2.48. The van der Waals surface area contributed by atoms with E-state index in [9.17, 15) is 14.7 Å². The number of carboxylic acids is 1. The minimum absolute atomic E-state index is 0.00548. The number of nitrogens with zero attached hydrogens (tertiary/aromatic N) is 6. The topological polar surface area (TPSA) is 116 Å². The van der Waals surface area contributed by atoms with Crippen LogP contribution in [0, 0.1) is 6.92 Å². The monoisotopic (exact) mass is 539 g/mol. The lowest BCUT2D eigenvalue weighted by molar-refractivity contribution is 0.0690. The highest BCUT2D eigenvalue weighted by molar-refractivity contribution is 5.91. The number of hydrogen-bond acceptors (Lipinski definition) is 7. The number of hydrogen-bond donors (Lipinski definition) is 2. The van der Waals surface area contributed by atoms with E-state index >= 15 is 0 Å². The lowest BCUT2D eigenvalue weighted by Gasteiger charge is -2.33. The van der Waals surface area contributed by atoms with Crippen LogP contribution in [0.25, 0.3) is 5.65 Å². The van der Waals surface area contributed by atoms with Gasteiger partial charge in [-0.2, -0.15) is 0 Å². The molecule has 2 aliphatic rings. The van der Waals surface area contributed by atoms with Gasteiger partial charge in [0.1, 0.15) is 5.82 Å². The average molecular weight is 540 g/mol. The first kappa shape index (κ1) is 25.8. The summed E-state index contributed by atoms with van der Waals surface area (Å²) in [7, 11) is 0. The molecule has 0 spiro atoms. The normalized spacial score (nSPS) is 21.1. The number of carboxylic acid groups (broad SMARTS) is 1. The standard InChI is InChI=1S/C30H33N7O3/c1-20-16-23(36-15-13-30(2,19-36)21-8-4-3-5-9-21)18-37-27(20)33-26(34-37)28(38)31-22-10-7-14-35(17-22)25-12-6-11-24(32-25)29(39)40/h3-6,8-9,11-12,16,18,22H,7,10,13-15,17,19H2,1-2H3,(H,31,38)(H,39,40)/t22?,30-/m0/s1. The van der Waals surface area contributed by atoms with Gasteiger partial charge in [-0.15, -0.1) is 5.10 Å². The van der Waals surface area contributed by atoms with Crippen LogP contribution >= 0.6 is 0 Å². The lowest BCUT2D eigenvalue weighted by atomic mass is 9.82. The van der Waals surface area contributed by atoms with Gasteiger partial charge in [-0.05, 0) is 55.5 Å². The molecule has 206 valence electrons. The van der Waals surface area contributed by atoms with E-state index in [0.29, 0.717) is 18.0 Å². The summed E-state index contributed by atoms with van der Waals surface area (Å²) in [5.41, 5.74) is 4.13. The van der Waals surface area contributed by atoms with Crippen LogP contribution in [0.1, 0.15) is 58.4 Å². The summed E-state index contributed by atoms with van der Waals surface area (Å²) in [6.07, 6.45) is 4.69. The Morgan fingerprint density at radius 2 is 1.88 bits per heavy atom. The molecule has 0 bridgehead atoms. The summed E-state index contributed by atoms with van der Waals surface area (Å²) >= 11 is 0. The molecule has 0 saturated carbocycles. The van der Waals surface area contributed by atoms with Crippen LogP contribution in [0.15, 0.2) is 60.8 Å². The van der Waals surface area contributed by atoms with E-state index < -0.39 is 5.97 Å². The van der Waals surface area contributed by atoms with Crippen molar-refractivity contribution in [1.82, 2.24) is 24.9 Å². The van der Waals surface area contributed by atoms with E-state index in [1.807, 2.05) is 18.0 Å². The number of amides is 1. The van der Waals surface area contributed by atoms with Gasteiger partial charge in [0.25, 0.3) is 5.91 Å². The number of rotatable bonds is 6. The number of aromatic nitrogens is 4. The van der Waals surface area contributed by atoms with Crippen molar-refractivity contribution in [3.05, 3.63) is 83.4 Å². The highest BCUT2D eigenvalue weighted by atomic mass is 16.4. The van der Waals surface area contributed by atoms with Gasteiger partial charge >= 0.3 is 5.97 Å². The van der Waals surface area contributed by atoms with Gasteiger partial charge in [0.05, 0.1) is 11.9 Å². The third-order valence-electron chi connectivity index (χ3n) is 8.15. The third kappa shape index (κ3) is 4.97. The zero-order chi connectivity index (χ0) is 27.9. The molecule has 2 N–H and O–H groups in total. The Labute approximate surface area is 232 Å². The van der Waals surface area contributed by atoms with Gasteiger partial charge in [-0.3, -0.25) is 4.79 Å². The molecular formula is C30H33N7O3. The zero-order valence-corrected chi connectivity index (χ0v) is 22.7. The van der Waals surface area contributed by atoms with Crippen molar-refractivity contribution in [2.75, 3.05) is 36.0 Å². The second kappa shape index (κ2) is 10.3. The van der Waals surface area contributed by atoms with Crippen molar-refractivity contribution in [3.63, 3.8) is 0 Å². The zero-order valence-electron chi connectivity index (χ0n) is 22.7. The van der Waals surface area contributed by atoms with Crippen molar-refractivity contribution in [2.24, 2.45) is 0 Å². The summed E-state index contributed by atoms with van der Waals surface area (Å²) in [4.78, 5) is 37.7. The number of carbonyl (C=O) groups is 2. The molecule has 5 heterocycles. The highest BCUT2D eigenvalue weighted by Gasteiger charge is 2.35.